The maximum absolute atomic E-state index is 2.71. The van der Waals surface area contributed by atoms with Gasteiger partial charge in [-0.1, -0.05) is 79.7 Å². The van der Waals surface area contributed by atoms with Gasteiger partial charge in [-0.2, -0.15) is 0 Å². The van der Waals surface area contributed by atoms with Gasteiger partial charge in [0.25, 0.3) is 0 Å². The first kappa shape index (κ1) is 15.8. The summed E-state index contributed by atoms with van der Waals surface area (Å²) in [5.41, 5.74) is 7.25. The standard InChI is InChI=1S/C25H25N/c1-18-22-14-15-26(17-19-8-4-2-5-9-19)25(18)24-16-21(12-13-23(22)24)20-10-6-3-7-11-20/h2-13,16,18,22,25H,14-15,17H2,1H3/t18-,22?,25?/m0/s1. The van der Waals surface area contributed by atoms with Gasteiger partial charge in [0, 0.05) is 12.6 Å². The van der Waals surface area contributed by atoms with Crippen LogP contribution in [0.3, 0.4) is 0 Å². The van der Waals surface area contributed by atoms with E-state index in [4.69, 9.17) is 0 Å². The first-order valence-electron chi connectivity index (χ1n) is 9.78. The molecule has 1 nitrogen and oxygen atoms in total. The van der Waals surface area contributed by atoms with Gasteiger partial charge >= 0.3 is 0 Å². The normalized spacial score (nSPS) is 24.4. The number of benzene rings is 3. The van der Waals surface area contributed by atoms with Crippen LogP contribution in [0.4, 0.5) is 0 Å². The molecule has 1 heterocycles. The van der Waals surface area contributed by atoms with Crippen LogP contribution in [0.15, 0.2) is 78.9 Å². The number of hydrogen-bond donors (Lipinski definition) is 0. The minimum atomic E-state index is 0.549. The zero-order valence-electron chi connectivity index (χ0n) is 15.3. The molecule has 3 aromatic carbocycles. The number of hydrogen-bond acceptors (Lipinski definition) is 1. The first-order valence-corrected chi connectivity index (χ1v) is 9.78. The minimum absolute atomic E-state index is 0.549. The molecule has 2 unspecified atom stereocenters. The first-order chi connectivity index (χ1) is 12.8. The van der Waals surface area contributed by atoms with E-state index in [-0.39, 0.29) is 0 Å². The Morgan fingerprint density at radius 3 is 2.31 bits per heavy atom. The van der Waals surface area contributed by atoms with Crippen molar-refractivity contribution < 1.29 is 0 Å². The molecular formula is C25H25N. The van der Waals surface area contributed by atoms with Gasteiger partial charge in [-0.25, -0.2) is 0 Å². The lowest BCUT2D eigenvalue weighted by Crippen LogP contribution is -2.36. The smallest absolute Gasteiger partial charge is 0.0386 e. The Morgan fingerprint density at radius 2 is 1.54 bits per heavy atom. The van der Waals surface area contributed by atoms with Crippen LogP contribution < -0.4 is 0 Å². The van der Waals surface area contributed by atoms with E-state index >= 15 is 0 Å². The summed E-state index contributed by atoms with van der Waals surface area (Å²) in [5, 5.41) is 0. The van der Waals surface area contributed by atoms with Crippen LogP contribution in [0.25, 0.3) is 11.1 Å². The van der Waals surface area contributed by atoms with Crippen LogP contribution in [0, 0.1) is 5.92 Å². The molecule has 0 saturated carbocycles. The maximum Gasteiger partial charge on any atom is 0.0386 e. The van der Waals surface area contributed by atoms with E-state index in [0.717, 1.165) is 12.5 Å². The maximum atomic E-state index is 2.71. The Balaban J connectivity index is 1.52. The second kappa shape index (κ2) is 6.41. The molecule has 0 spiro atoms. The van der Waals surface area contributed by atoms with E-state index in [9.17, 15) is 0 Å². The lowest BCUT2D eigenvalue weighted by Gasteiger charge is -2.38. The summed E-state index contributed by atoms with van der Waals surface area (Å²) < 4.78 is 0. The highest BCUT2D eigenvalue weighted by Crippen LogP contribution is 2.53. The summed E-state index contributed by atoms with van der Waals surface area (Å²) in [6, 6.07) is 29.5. The van der Waals surface area contributed by atoms with Crippen LogP contribution in [-0.4, -0.2) is 11.4 Å². The van der Waals surface area contributed by atoms with E-state index in [1.807, 2.05) is 0 Å². The summed E-state index contributed by atoms with van der Waals surface area (Å²) in [6.07, 6.45) is 1.28. The molecule has 1 saturated heterocycles. The Morgan fingerprint density at radius 1 is 0.808 bits per heavy atom. The molecule has 1 aliphatic heterocycles. The molecule has 0 radical (unpaired) electrons. The van der Waals surface area contributed by atoms with Gasteiger partial charge in [0.15, 0.2) is 0 Å². The highest BCUT2D eigenvalue weighted by molar-refractivity contribution is 5.66. The van der Waals surface area contributed by atoms with E-state index < -0.39 is 0 Å². The van der Waals surface area contributed by atoms with Crippen LogP contribution in [0.1, 0.15) is 42.0 Å². The van der Waals surface area contributed by atoms with Crippen LogP contribution in [0.2, 0.25) is 0 Å². The summed E-state index contributed by atoms with van der Waals surface area (Å²) >= 11 is 0. The van der Waals surface area contributed by atoms with Gasteiger partial charge in [-0.3, -0.25) is 4.90 Å². The quantitative estimate of drug-likeness (QED) is 0.563. The molecule has 26 heavy (non-hydrogen) atoms. The Kier molecular flexibility index (Phi) is 3.90. The molecule has 0 aromatic heterocycles. The molecule has 5 rings (SSSR count). The average molecular weight is 339 g/mol. The fourth-order valence-corrected chi connectivity index (χ4v) is 5.15. The second-order valence-corrected chi connectivity index (χ2v) is 7.86. The van der Waals surface area contributed by atoms with Crippen molar-refractivity contribution in [2.75, 3.05) is 6.54 Å². The van der Waals surface area contributed by atoms with Crippen molar-refractivity contribution in [2.45, 2.75) is 31.8 Å². The van der Waals surface area contributed by atoms with E-state index in [1.54, 1.807) is 11.1 Å². The van der Waals surface area contributed by atoms with E-state index in [2.05, 4.69) is 90.7 Å². The van der Waals surface area contributed by atoms with Gasteiger partial charge in [0.05, 0.1) is 0 Å². The summed E-state index contributed by atoms with van der Waals surface area (Å²) in [7, 11) is 0. The molecule has 3 atom stereocenters. The zero-order chi connectivity index (χ0) is 17.5. The Bertz CT molecular complexity index is 900. The van der Waals surface area contributed by atoms with Crippen molar-refractivity contribution in [1.82, 2.24) is 4.90 Å². The molecule has 0 amide bonds. The number of likely N-dealkylation sites (tertiary alicyclic amines) is 1. The second-order valence-electron chi connectivity index (χ2n) is 7.86. The zero-order valence-corrected chi connectivity index (χ0v) is 15.3. The molecule has 2 aliphatic rings. The van der Waals surface area contributed by atoms with Gasteiger partial charge < -0.3 is 0 Å². The molecule has 1 aliphatic carbocycles. The summed E-state index contributed by atoms with van der Waals surface area (Å²) in [4.78, 5) is 2.71. The molecular weight excluding hydrogens is 314 g/mol. The van der Waals surface area contributed by atoms with Crippen molar-refractivity contribution >= 4 is 0 Å². The number of rotatable bonds is 3. The lowest BCUT2D eigenvalue weighted by atomic mass is 9.85. The molecule has 1 heteroatoms. The molecule has 130 valence electrons. The minimum Gasteiger partial charge on any atom is -0.292 e. The van der Waals surface area contributed by atoms with Crippen molar-refractivity contribution in [3.63, 3.8) is 0 Å². The van der Waals surface area contributed by atoms with Crippen molar-refractivity contribution in [3.8, 4) is 11.1 Å². The number of fused-ring (bicyclic) bond motifs is 5. The van der Waals surface area contributed by atoms with Gasteiger partial charge in [-0.15, -0.1) is 0 Å². The highest BCUT2D eigenvalue weighted by atomic mass is 15.2. The topological polar surface area (TPSA) is 3.24 Å². The van der Waals surface area contributed by atoms with Crippen LogP contribution in [0.5, 0.6) is 0 Å². The third-order valence-corrected chi connectivity index (χ3v) is 6.39. The monoisotopic (exact) mass is 339 g/mol. The Labute approximate surface area is 156 Å². The fraction of sp³-hybridized carbons (Fsp3) is 0.280. The van der Waals surface area contributed by atoms with E-state index in [0.29, 0.717) is 12.0 Å². The van der Waals surface area contributed by atoms with Crippen molar-refractivity contribution in [1.29, 1.82) is 0 Å². The summed E-state index contributed by atoms with van der Waals surface area (Å²) in [6.45, 7) is 4.70. The third kappa shape index (κ3) is 2.59. The van der Waals surface area contributed by atoms with Crippen LogP contribution in [-0.2, 0) is 6.54 Å². The number of nitrogens with zero attached hydrogens (tertiary/aromatic N) is 1. The van der Waals surface area contributed by atoms with E-state index in [1.165, 1.54) is 29.7 Å². The van der Waals surface area contributed by atoms with Gasteiger partial charge in [-0.05, 0) is 58.7 Å². The Hall–Kier alpha value is -2.38. The SMILES string of the molecule is C[C@H]1C2CCN(Cc3ccccc3)C1c1cc(-c3ccccc3)ccc12. The molecule has 1 fully saturated rings. The largest absolute Gasteiger partial charge is 0.292 e. The highest BCUT2D eigenvalue weighted by Gasteiger charge is 2.44. The fourth-order valence-electron chi connectivity index (χ4n) is 5.15. The average Bonchev–Trinajstić information content (AvgIpc) is 2.86. The van der Waals surface area contributed by atoms with Crippen LogP contribution >= 0.6 is 0 Å². The predicted molar refractivity (Wildman–Crippen MR) is 108 cm³/mol. The molecule has 2 bridgehead atoms. The predicted octanol–water partition coefficient (Wildman–Crippen LogP) is 6.03. The number of piperidine rings is 1. The molecule has 0 N–H and O–H groups in total. The van der Waals surface area contributed by atoms with Crippen molar-refractivity contribution in [2.24, 2.45) is 5.92 Å². The van der Waals surface area contributed by atoms with Crippen molar-refractivity contribution in [3.05, 3.63) is 95.6 Å². The van der Waals surface area contributed by atoms with Gasteiger partial charge in [0.2, 0.25) is 0 Å². The lowest BCUT2D eigenvalue weighted by molar-refractivity contribution is 0.0964. The van der Waals surface area contributed by atoms with Gasteiger partial charge in [0.1, 0.15) is 0 Å². The third-order valence-electron chi connectivity index (χ3n) is 6.39. The molecule has 3 aromatic rings. The summed E-state index contributed by atoms with van der Waals surface area (Å²) in [5.74, 6) is 1.43.